The molecule has 0 saturated carbocycles. The summed E-state index contributed by atoms with van der Waals surface area (Å²) < 4.78 is 9.34. The molecule has 1 unspecified atom stereocenters. The van der Waals surface area contributed by atoms with E-state index in [-0.39, 0.29) is 6.61 Å². The van der Waals surface area contributed by atoms with Crippen molar-refractivity contribution >= 4 is 11.9 Å². The first kappa shape index (κ1) is 20.1. The van der Waals surface area contributed by atoms with Gasteiger partial charge in [0.15, 0.2) is 0 Å². The molecule has 1 atom stereocenters. The summed E-state index contributed by atoms with van der Waals surface area (Å²) in [5.41, 5.74) is 0. The summed E-state index contributed by atoms with van der Waals surface area (Å²) >= 11 is 0. The maximum Gasteiger partial charge on any atom is 0.356 e. The fraction of sp³-hybridized carbons (Fsp3) is 0.286. The lowest BCUT2D eigenvalue weighted by molar-refractivity contribution is -0.155. The molecule has 0 radical (unpaired) electrons. The summed E-state index contributed by atoms with van der Waals surface area (Å²) in [7, 11) is 0. The van der Waals surface area contributed by atoms with Crippen LogP contribution in [0.25, 0.3) is 0 Å². The number of amides is 1. The molecule has 0 aliphatic carbocycles. The highest BCUT2D eigenvalue weighted by Crippen LogP contribution is 1.85. The predicted octanol–water partition coefficient (Wildman–Crippen LogP) is 0.711. The van der Waals surface area contributed by atoms with Gasteiger partial charge in [-0.25, -0.2) is 4.79 Å². The predicted molar refractivity (Wildman–Crippen MR) is 76.7 cm³/mol. The zero-order valence-electron chi connectivity index (χ0n) is 11.4. The number of ether oxygens (including phenoxy) is 2. The minimum Gasteiger partial charge on any atom is -0.458 e. The maximum absolute atomic E-state index is 10.8. The molecule has 0 spiro atoms. The Hall–Kier alpha value is -2.18. The number of aliphatic hydroxyl groups is 1. The molecule has 0 bridgehead atoms. The number of carbonyl (C=O) groups is 2. The van der Waals surface area contributed by atoms with Crippen LogP contribution >= 0.6 is 0 Å². The minimum absolute atomic E-state index is 0.0140. The first-order valence-corrected chi connectivity index (χ1v) is 5.71. The minimum atomic E-state index is -1.66. The first-order valence-electron chi connectivity index (χ1n) is 5.71. The zero-order valence-corrected chi connectivity index (χ0v) is 11.4. The van der Waals surface area contributed by atoms with E-state index in [1.807, 2.05) is 5.32 Å². The topological polar surface area (TPSA) is 84.9 Å². The van der Waals surface area contributed by atoms with E-state index in [0.717, 1.165) is 6.08 Å². The number of hydrogen-bond donors (Lipinski definition) is 2. The molecule has 20 heavy (non-hydrogen) atoms. The average Bonchev–Trinajstić information content (AvgIpc) is 2.45. The zero-order chi connectivity index (χ0) is 15.8. The van der Waals surface area contributed by atoms with Crippen LogP contribution in [0, 0.1) is 0 Å². The van der Waals surface area contributed by atoms with Crippen LogP contribution in [-0.2, 0) is 19.1 Å². The van der Waals surface area contributed by atoms with Gasteiger partial charge in [0.05, 0.1) is 13.2 Å². The standard InChI is InChI=1S/C8H11NO4.C6H10O/c1-3-5-13-8(12)7(11)9-6(10)4-2;1-3-5-7-6-4-2/h3-4,7,11H,1-2,5H2,(H,9,10);3-4H,1-2,5-6H2. The van der Waals surface area contributed by atoms with Crippen LogP contribution in [0.3, 0.4) is 0 Å². The molecular formula is C14H21NO5. The van der Waals surface area contributed by atoms with E-state index >= 15 is 0 Å². The Labute approximate surface area is 119 Å². The first-order chi connectivity index (χ1) is 9.53. The number of aliphatic hydroxyl groups excluding tert-OH is 1. The summed E-state index contributed by atoms with van der Waals surface area (Å²) in [5, 5.41) is 10.9. The number of rotatable bonds is 9. The van der Waals surface area contributed by atoms with Crippen LogP contribution < -0.4 is 5.32 Å². The van der Waals surface area contributed by atoms with Gasteiger partial charge in [-0.2, -0.15) is 0 Å². The molecule has 2 N–H and O–H groups in total. The fourth-order valence-corrected chi connectivity index (χ4v) is 0.707. The summed E-state index contributed by atoms with van der Waals surface area (Å²) in [4.78, 5) is 21.4. The molecule has 0 aliphatic heterocycles. The second-order valence-corrected chi connectivity index (χ2v) is 3.15. The maximum atomic E-state index is 10.8. The van der Waals surface area contributed by atoms with Crippen molar-refractivity contribution in [1.29, 1.82) is 0 Å². The second-order valence-electron chi connectivity index (χ2n) is 3.15. The van der Waals surface area contributed by atoms with Crippen molar-refractivity contribution < 1.29 is 24.2 Å². The molecule has 0 saturated heterocycles. The van der Waals surface area contributed by atoms with E-state index < -0.39 is 18.1 Å². The van der Waals surface area contributed by atoms with Crippen LogP contribution in [0.1, 0.15) is 0 Å². The van der Waals surface area contributed by atoms with Crippen molar-refractivity contribution in [3.05, 3.63) is 50.6 Å². The van der Waals surface area contributed by atoms with Crippen molar-refractivity contribution in [2.45, 2.75) is 6.23 Å². The van der Waals surface area contributed by atoms with Gasteiger partial charge >= 0.3 is 5.97 Å². The van der Waals surface area contributed by atoms with Crippen LogP contribution in [0.4, 0.5) is 0 Å². The van der Waals surface area contributed by atoms with Gasteiger partial charge in [0.25, 0.3) is 0 Å². The molecule has 0 aliphatic rings. The molecule has 112 valence electrons. The highest BCUT2D eigenvalue weighted by Gasteiger charge is 2.16. The normalized spacial score (nSPS) is 10.1. The van der Waals surface area contributed by atoms with Gasteiger partial charge in [-0.3, -0.25) is 4.79 Å². The van der Waals surface area contributed by atoms with E-state index in [1.54, 1.807) is 12.2 Å². The van der Waals surface area contributed by atoms with Crippen molar-refractivity contribution in [1.82, 2.24) is 5.32 Å². The average molecular weight is 283 g/mol. The lowest BCUT2D eigenvalue weighted by Crippen LogP contribution is -2.40. The second kappa shape index (κ2) is 14.9. The van der Waals surface area contributed by atoms with Crippen LogP contribution in [0.2, 0.25) is 0 Å². The van der Waals surface area contributed by atoms with Gasteiger partial charge < -0.3 is 19.9 Å². The van der Waals surface area contributed by atoms with E-state index in [1.165, 1.54) is 6.08 Å². The smallest absolute Gasteiger partial charge is 0.356 e. The number of hydrogen-bond acceptors (Lipinski definition) is 5. The van der Waals surface area contributed by atoms with Crippen molar-refractivity contribution in [2.24, 2.45) is 0 Å². The van der Waals surface area contributed by atoms with Gasteiger partial charge in [0.2, 0.25) is 12.1 Å². The highest BCUT2D eigenvalue weighted by atomic mass is 16.5. The van der Waals surface area contributed by atoms with Gasteiger partial charge in [-0.15, -0.1) is 13.2 Å². The Morgan fingerprint density at radius 1 is 1.05 bits per heavy atom. The largest absolute Gasteiger partial charge is 0.458 e. The summed E-state index contributed by atoms with van der Waals surface area (Å²) in [6.07, 6.45) is 4.04. The number of carbonyl (C=O) groups excluding carboxylic acids is 2. The molecule has 0 aromatic carbocycles. The van der Waals surface area contributed by atoms with Crippen molar-refractivity contribution in [3.8, 4) is 0 Å². The van der Waals surface area contributed by atoms with E-state index in [2.05, 4.69) is 31.1 Å². The molecule has 1 amide bonds. The molecule has 0 aromatic heterocycles. The third-order valence-electron chi connectivity index (χ3n) is 1.50. The molecular weight excluding hydrogens is 262 g/mol. The third-order valence-corrected chi connectivity index (χ3v) is 1.50. The number of esters is 1. The van der Waals surface area contributed by atoms with Crippen LogP contribution in [0.15, 0.2) is 50.6 Å². The molecule has 0 heterocycles. The number of nitrogens with one attached hydrogen (secondary N) is 1. The van der Waals surface area contributed by atoms with E-state index in [0.29, 0.717) is 13.2 Å². The van der Waals surface area contributed by atoms with Crippen LogP contribution in [0.5, 0.6) is 0 Å². The lowest BCUT2D eigenvalue weighted by atomic mass is 10.5. The van der Waals surface area contributed by atoms with E-state index in [4.69, 9.17) is 9.84 Å². The molecule has 0 fully saturated rings. The van der Waals surface area contributed by atoms with Crippen molar-refractivity contribution in [3.63, 3.8) is 0 Å². The highest BCUT2D eigenvalue weighted by molar-refractivity contribution is 5.90. The molecule has 0 aromatic rings. The van der Waals surface area contributed by atoms with Gasteiger partial charge in [-0.05, 0) is 6.08 Å². The molecule has 6 nitrogen and oxygen atoms in total. The Balaban J connectivity index is 0. The Kier molecular flexibility index (Phi) is 15.0. The van der Waals surface area contributed by atoms with Gasteiger partial charge in [0, 0.05) is 0 Å². The Morgan fingerprint density at radius 2 is 1.55 bits per heavy atom. The van der Waals surface area contributed by atoms with Gasteiger partial charge in [-0.1, -0.05) is 31.4 Å². The monoisotopic (exact) mass is 283 g/mol. The van der Waals surface area contributed by atoms with Gasteiger partial charge in [0.1, 0.15) is 6.61 Å². The van der Waals surface area contributed by atoms with E-state index in [9.17, 15) is 9.59 Å². The van der Waals surface area contributed by atoms with Crippen LogP contribution in [-0.4, -0.2) is 43.0 Å². The SMILES string of the molecule is C=CCOC(=O)C(O)NC(=O)C=C.C=CCOCC=C. The Morgan fingerprint density at radius 3 is 1.95 bits per heavy atom. The Bertz CT molecular complexity index is 330. The molecule has 6 heteroatoms. The fourth-order valence-electron chi connectivity index (χ4n) is 0.707. The summed E-state index contributed by atoms with van der Waals surface area (Å²) in [5.74, 6) is -1.59. The lowest BCUT2D eigenvalue weighted by Gasteiger charge is -2.09. The molecule has 0 rings (SSSR count). The summed E-state index contributed by atoms with van der Waals surface area (Å²) in [6, 6.07) is 0. The quantitative estimate of drug-likeness (QED) is 0.214. The van der Waals surface area contributed by atoms with Crippen molar-refractivity contribution in [2.75, 3.05) is 19.8 Å². The third kappa shape index (κ3) is 13.9. The summed E-state index contributed by atoms with van der Waals surface area (Å²) in [6.45, 7) is 14.6.